The summed E-state index contributed by atoms with van der Waals surface area (Å²) in [5.41, 5.74) is 2.86. The van der Waals surface area contributed by atoms with Crippen LogP contribution in [0.25, 0.3) is 6.08 Å². The summed E-state index contributed by atoms with van der Waals surface area (Å²) in [7, 11) is 4.65. The smallest absolute Gasteiger partial charge is 0.186 e. The first kappa shape index (κ1) is 27.7. The van der Waals surface area contributed by atoms with Gasteiger partial charge in [0.05, 0.1) is 27.4 Å². The number of carbonyl (C=O) groups excluding carboxylic acids is 3. The van der Waals surface area contributed by atoms with E-state index in [1.807, 2.05) is 42.2 Å². The van der Waals surface area contributed by atoms with Crippen LogP contribution < -0.4 is 19.1 Å². The molecule has 1 fully saturated rings. The fraction of sp³-hybridized carbons (Fsp3) is 0.216. The summed E-state index contributed by atoms with van der Waals surface area (Å²) in [5, 5.41) is 0. The van der Waals surface area contributed by atoms with Crippen LogP contribution in [0.15, 0.2) is 91.0 Å². The van der Waals surface area contributed by atoms with Crippen molar-refractivity contribution in [1.29, 1.82) is 0 Å². The van der Waals surface area contributed by atoms with E-state index in [1.165, 1.54) is 7.11 Å². The van der Waals surface area contributed by atoms with E-state index in [-0.39, 0.29) is 17.3 Å². The van der Waals surface area contributed by atoms with Gasteiger partial charge in [-0.25, -0.2) is 0 Å². The first-order valence-electron chi connectivity index (χ1n) is 14.5. The van der Waals surface area contributed by atoms with Gasteiger partial charge in [0, 0.05) is 39.9 Å². The molecule has 0 amide bonds. The lowest BCUT2D eigenvalue weighted by Gasteiger charge is -2.37. The van der Waals surface area contributed by atoms with Gasteiger partial charge in [-0.05, 0) is 42.8 Å². The number of hydrogen-bond acceptors (Lipinski definition) is 7. The first-order valence-corrected chi connectivity index (χ1v) is 14.5. The molecule has 220 valence electrons. The van der Waals surface area contributed by atoms with Gasteiger partial charge in [0.2, 0.25) is 0 Å². The maximum Gasteiger partial charge on any atom is 0.186 e. The fourth-order valence-electron chi connectivity index (χ4n) is 7.46. The van der Waals surface area contributed by atoms with E-state index in [1.54, 1.807) is 74.9 Å². The molecular weight excluding hydrogens is 554 g/mol. The van der Waals surface area contributed by atoms with E-state index in [0.29, 0.717) is 39.5 Å². The molecule has 0 bridgehead atoms. The Morgan fingerprint density at radius 1 is 0.773 bits per heavy atom. The molecule has 4 aromatic carbocycles. The van der Waals surface area contributed by atoms with Gasteiger partial charge in [0.1, 0.15) is 28.7 Å². The molecule has 0 saturated carbocycles. The zero-order chi connectivity index (χ0) is 30.7. The summed E-state index contributed by atoms with van der Waals surface area (Å²) in [4.78, 5) is 46.7. The third-order valence-electron chi connectivity index (χ3n) is 9.36. The number of nitrogens with zero attached hydrogens (tertiary/aromatic N) is 1. The summed E-state index contributed by atoms with van der Waals surface area (Å²) in [6.07, 6.45) is 3.89. The van der Waals surface area contributed by atoms with E-state index < -0.39 is 23.4 Å². The Bertz CT molecular complexity index is 1860. The number of methoxy groups -OCH3 is 3. The van der Waals surface area contributed by atoms with Gasteiger partial charge >= 0.3 is 0 Å². The van der Waals surface area contributed by atoms with Gasteiger partial charge < -0.3 is 19.1 Å². The van der Waals surface area contributed by atoms with Crippen molar-refractivity contribution in [2.45, 2.75) is 24.9 Å². The van der Waals surface area contributed by atoms with Crippen LogP contribution in [0.5, 0.6) is 17.2 Å². The van der Waals surface area contributed by atoms with E-state index in [0.717, 1.165) is 16.8 Å². The van der Waals surface area contributed by atoms with E-state index >= 15 is 0 Å². The molecule has 7 nitrogen and oxygen atoms in total. The molecule has 7 heteroatoms. The number of carbonyl (C=O) groups is 3. The molecule has 2 aliphatic heterocycles. The average Bonchev–Trinajstić information content (AvgIpc) is 3.49. The highest BCUT2D eigenvalue weighted by Gasteiger charge is 2.72. The largest absolute Gasteiger partial charge is 0.497 e. The Kier molecular flexibility index (Phi) is 6.43. The van der Waals surface area contributed by atoms with Crippen molar-refractivity contribution >= 4 is 29.1 Å². The molecule has 1 saturated heterocycles. The Labute approximate surface area is 255 Å². The minimum absolute atomic E-state index is 0.230. The number of fused-ring (bicyclic) bond motifs is 5. The molecule has 2 heterocycles. The fourth-order valence-corrected chi connectivity index (χ4v) is 7.46. The number of ketones is 3. The van der Waals surface area contributed by atoms with Crippen molar-refractivity contribution in [2.75, 3.05) is 26.2 Å². The van der Waals surface area contributed by atoms with Crippen LogP contribution in [0.3, 0.4) is 0 Å². The minimum Gasteiger partial charge on any atom is -0.497 e. The van der Waals surface area contributed by atoms with Gasteiger partial charge in [0.25, 0.3) is 0 Å². The molecule has 4 aromatic rings. The van der Waals surface area contributed by atoms with E-state index in [9.17, 15) is 14.4 Å². The average molecular weight is 586 g/mol. The molecule has 1 unspecified atom stereocenters. The number of ether oxygens (including phenoxy) is 3. The summed E-state index contributed by atoms with van der Waals surface area (Å²) in [6.45, 7) is 2.01. The highest BCUT2D eigenvalue weighted by atomic mass is 16.5. The van der Waals surface area contributed by atoms with Crippen LogP contribution in [0, 0.1) is 12.3 Å². The van der Waals surface area contributed by atoms with Gasteiger partial charge in [-0.1, -0.05) is 66.2 Å². The third-order valence-corrected chi connectivity index (χ3v) is 9.36. The molecule has 1 spiro atoms. The second-order valence-electron chi connectivity index (χ2n) is 11.5. The van der Waals surface area contributed by atoms with Gasteiger partial charge in [-0.3, -0.25) is 14.4 Å². The molecule has 0 N–H and O–H groups in total. The maximum atomic E-state index is 15.0. The molecular formula is C37H31NO6. The molecule has 1 aliphatic carbocycles. The van der Waals surface area contributed by atoms with Crippen LogP contribution in [0.2, 0.25) is 0 Å². The van der Waals surface area contributed by atoms with Crippen molar-refractivity contribution in [2.24, 2.45) is 5.41 Å². The third kappa shape index (κ3) is 3.71. The molecule has 0 aromatic heterocycles. The summed E-state index contributed by atoms with van der Waals surface area (Å²) < 4.78 is 16.8. The Morgan fingerprint density at radius 2 is 1.48 bits per heavy atom. The number of rotatable bonds is 6. The second kappa shape index (κ2) is 10.2. The topological polar surface area (TPSA) is 82.1 Å². The van der Waals surface area contributed by atoms with E-state index in [2.05, 4.69) is 6.07 Å². The SMILES string of the molecule is COc1cccc(C(=O)[C@H]2[C@H](c3ccc(OC)cc3OC)C3(C(=O)c4ccccc4C3=O)C3C=Cc4cc(C)ccc4N32)c1. The predicted octanol–water partition coefficient (Wildman–Crippen LogP) is 6.34. The number of hydrogen-bond donors (Lipinski definition) is 0. The molecule has 7 rings (SSSR count). The van der Waals surface area contributed by atoms with E-state index in [4.69, 9.17) is 14.2 Å². The Balaban J connectivity index is 1.57. The Morgan fingerprint density at radius 3 is 2.16 bits per heavy atom. The first-order chi connectivity index (χ1) is 21.3. The number of Topliss-reactive ketones (excluding diaryl/α,β-unsaturated/α-hetero) is 3. The standard InChI is InChI=1S/C37H31NO6/c1-21-12-16-29-22(18-21)13-17-31-37(35(40)26-10-5-6-11-27(26)36(37)41)32(28-15-14-25(43-3)20-30(28)44-4)33(38(29)31)34(39)23-8-7-9-24(19-23)42-2/h5-20,31-33H,1-4H3/t31?,32-,33+/m0/s1. The number of anilines is 1. The van der Waals surface area contributed by atoms with Crippen LogP contribution >= 0.6 is 0 Å². The van der Waals surface area contributed by atoms with Crippen LogP contribution in [-0.4, -0.2) is 50.8 Å². The zero-order valence-corrected chi connectivity index (χ0v) is 24.9. The second-order valence-corrected chi connectivity index (χ2v) is 11.5. The quantitative estimate of drug-likeness (QED) is 0.193. The van der Waals surface area contributed by atoms with Gasteiger partial charge in [0.15, 0.2) is 17.3 Å². The molecule has 3 atom stereocenters. The lowest BCUT2D eigenvalue weighted by atomic mass is 9.64. The highest BCUT2D eigenvalue weighted by molar-refractivity contribution is 6.32. The normalized spacial score (nSPS) is 20.7. The van der Waals surface area contributed by atoms with Gasteiger partial charge in [-0.15, -0.1) is 0 Å². The summed E-state index contributed by atoms with van der Waals surface area (Å²) in [6, 6.07) is 23.6. The molecule has 3 aliphatic rings. The monoisotopic (exact) mass is 585 g/mol. The van der Waals surface area contributed by atoms with Crippen molar-refractivity contribution in [1.82, 2.24) is 0 Å². The van der Waals surface area contributed by atoms with Crippen molar-refractivity contribution in [3.63, 3.8) is 0 Å². The van der Waals surface area contributed by atoms with Crippen LogP contribution in [0.4, 0.5) is 5.69 Å². The minimum atomic E-state index is -1.64. The number of aryl methyl sites for hydroxylation is 1. The number of benzene rings is 4. The van der Waals surface area contributed by atoms with Crippen molar-refractivity contribution in [3.8, 4) is 17.2 Å². The lowest BCUT2D eigenvalue weighted by Crippen LogP contribution is -2.48. The lowest BCUT2D eigenvalue weighted by molar-refractivity contribution is 0.0664. The van der Waals surface area contributed by atoms with Gasteiger partial charge in [-0.2, -0.15) is 0 Å². The molecule has 44 heavy (non-hydrogen) atoms. The maximum absolute atomic E-state index is 15.0. The highest BCUT2D eigenvalue weighted by Crippen LogP contribution is 2.62. The summed E-state index contributed by atoms with van der Waals surface area (Å²) in [5.74, 6) is -0.202. The van der Waals surface area contributed by atoms with Crippen LogP contribution in [-0.2, 0) is 0 Å². The summed E-state index contributed by atoms with van der Waals surface area (Å²) >= 11 is 0. The predicted molar refractivity (Wildman–Crippen MR) is 167 cm³/mol. The zero-order valence-electron chi connectivity index (χ0n) is 24.9. The van der Waals surface area contributed by atoms with Crippen molar-refractivity contribution < 1.29 is 28.6 Å². The van der Waals surface area contributed by atoms with Crippen molar-refractivity contribution in [3.05, 3.63) is 124 Å². The van der Waals surface area contributed by atoms with Crippen LogP contribution in [0.1, 0.15) is 53.7 Å². The molecule has 0 radical (unpaired) electrons. The Hall–Kier alpha value is -5.17.